The van der Waals surface area contributed by atoms with Crippen molar-refractivity contribution in [1.82, 2.24) is 15.3 Å². The van der Waals surface area contributed by atoms with Gasteiger partial charge in [0.1, 0.15) is 11.4 Å². The van der Waals surface area contributed by atoms with Crippen LogP contribution in [0.25, 0.3) is 0 Å². The highest BCUT2D eigenvalue weighted by atomic mass is 19.4. The fourth-order valence-electron chi connectivity index (χ4n) is 3.39. The number of hydrogen-bond acceptors (Lipinski definition) is 6. The third-order valence-corrected chi connectivity index (χ3v) is 4.36. The van der Waals surface area contributed by atoms with Crippen molar-refractivity contribution in [2.75, 3.05) is 11.1 Å². The van der Waals surface area contributed by atoms with E-state index in [2.05, 4.69) is 20.6 Å². The summed E-state index contributed by atoms with van der Waals surface area (Å²) in [7, 11) is 0. The highest BCUT2D eigenvalue weighted by Crippen LogP contribution is 2.46. The molecule has 24 heavy (non-hydrogen) atoms. The van der Waals surface area contributed by atoms with Gasteiger partial charge in [0.05, 0.1) is 5.92 Å². The molecule has 1 saturated carbocycles. The van der Waals surface area contributed by atoms with Crippen molar-refractivity contribution in [3.63, 3.8) is 0 Å². The van der Waals surface area contributed by atoms with Crippen LogP contribution in [0.1, 0.15) is 12.0 Å². The summed E-state index contributed by atoms with van der Waals surface area (Å²) < 4.78 is 39.4. The molecule has 2 bridgehead atoms. The van der Waals surface area contributed by atoms with Crippen molar-refractivity contribution in [3.05, 3.63) is 23.9 Å². The molecule has 0 spiro atoms. The molecule has 0 radical (unpaired) electrons. The summed E-state index contributed by atoms with van der Waals surface area (Å²) in [5, 5.41) is 13.4. The minimum Gasteiger partial charge on any atom is -0.368 e. The van der Waals surface area contributed by atoms with E-state index in [-0.39, 0.29) is 17.8 Å². The maximum atomic E-state index is 13.1. The molecule has 4 N–H and O–H groups in total. The summed E-state index contributed by atoms with van der Waals surface area (Å²) in [6.45, 7) is 0. The summed E-state index contributed by atoms with van der Waals surface area (Å²) in [4.78, 5) is 19.1. The predicted molar refractivity (Wildman–Crippen MR) is 76.8 cm³/mol. The number of allylic oxidation sites excluding steroid dienone is 1. The van der Waals surface area contributed by atoms with Crippen LogP contribution in [0.15, 0.2) is 18.3 Å². The molecule has 0 saturated heterocycles. The Morgan fingerprint density at radius 2 is 2.08 bits per heavy atom. The minimum absolute atomic E-state index is 0.123. The molecular weight excluding hydrogens is 325 g/mol. The van der Waals surface area contributed by atoms with E-state index < -0.39 is 35.4 Å². The molecule has 2 aliphatic rings. The molecule has 7 nitrogen and oxygen atoms in total. The number of fused-ring (bicyclic) bond motifs is 2. The molecule has 10 heteroatoms. The van der Waals surface area contributed by atoms with Gasteiger partial charge in [-0.2, -0.15) is 23.4 Å². The maximum absolute atomic E-state index is 13.1. The average molecular weight is 338 g/mol. The number of alkyl halides is 3. The van der Waals surface area contributed by atoms with Gasteiger partial charge >= 0.3 is 6.18 Å². The van der Waals surface area contributed by atoms with Crippen LogP contribution in [0.2, 0.25) is 0 Å². The Morgan fingerprint density at radius 1 is 1.38 bits per heavy atom. The van der Waals surface area contributed by atoms with Crippen molar-refractivity contribution in [3.8, 4) is 6.19 Å². The lowest BCUT2D eigenvalue weighted by Crippen LogP contribution is -2.42. The van der Waals surface area contributed by atoms with E-state index in [0.29, 0.717) is 12.6 Å². The van der Waals surface area contributed by atoms with E-state index in [0.717, 1.165) is 0 Å². The Balaban J connectivity index is 1.93. The highest BCUT2D eigenvalue weighted by molar-refractivity contribution is 5.82. The van der Waals surface area contributed by atoms with Crippen LogP contribution in [0.4, 0.5) is 24.9 Å². The summed E-state index contributed by atoms with van der Waals surface area (Å²) >= 11 is 0. The Kier molecular flexibility index (Phi) is 3.79. The molecule has 1 fully saturated rings. The minimum atomic E-state index is -4.66. The molecule has 2 aliphatic carbocycles. The standard InChI is InChI=1S/C14H13F3N6O/c15-14(16,17)8-4-20-13(19)23-11(8)22-10-7-2-1-6(3-7)9(10)12(24)21-5-18/h1-2,4,6-7,9-10H,3H2,(H,21,24)(H3,19,20,22,23). The van der Waals surface area contributed by atoms with Gasteiger partial charge in [0, 0.05) is 12.2 Å². The van der Waals surface area contributed by atoms with E-state index in [9.17, 15) is 18.0 Å². The largest absolute Gasteiger partial charge is 0.421 e. The van der Waals surface area contributed by atoms with Crippen molar-refractivity contribution < 1.29 is 18.0 Å². The molecule has 0 aromatic carbocycles. The first kappa shape index (κ1) is 16.0. The molecule has 0 aliphatic heterocycles. The van der Waals surface area contributed by atoms with Crippen LogP contribution in [-0.2, 0) is 11.0 Å². The van der Waals surface area contributed by atoms with Gasteiger partial charge in [-0.15, -0.1) is 0 Å². The van der Waals surface area contributed by atoms with E-state index in [1.807, 2.05) is 12.2 Å². The second-order valence-electron chi connectivity index (χ2n) is 5.73. The average Bonchev–Trinajstić information content (AvgIpc) is 3.07. The Hall–Kier alpha value is -2.83. The highest BCUT2D eigenvalue weighted by Gasteiger charge is 2.49. The number of amides is 1. The summed E-state index contributed by atoms with van der Waals surface area (Å²) in [5.41, 5.74) is 4.34. The van der Waals surface area contributed by atoms with Gasteiger partial charge in [-0.25, -0.2) is 4.98 Å². The van der Waals surface area contributed by atoms with Crippen molar-refractivity contribution in [2.45, 2.75) is 18.6 Å². The molecule has 1 heterocycles. The van der Waals surface area contributed by atoms with E-state index >= 15 is 0 Å². The monoisotopic (exact) mass is 338 g/mol. The molecule has 126 valence electrons. The number of carbonyl (C=O) groups is 1. The molecule has 1 aromatic heterocycles. The van der Waals surface area contributed by atoms with Gasteiger partial charge in [-0.3, -0.25) is 10.1 Å². The van der Waals surface area contributed by atoms with Gasteiger partial charge in [0.25, 0.3) is 0 Å². The number of nitrogens with one attached hydrogen (secondary N) is 2. The van der Waals surface area contributed by atoms with Gasteiger partial charge in [0.2, 0.25) is 11.9 Å². The third kappa shape index (κ3) is 2.73. The normalized spacial score (nSPS) is 27.8. The fraction of sp³-hybridized carbons (Fsp3) is 0.429. The molecule has 4 atom stereocenters. The molecule has 1 amide bonds. The lowest BCUT2D eigenvalue weighted by molar-refractivity contribution is -0.137. The van der Waals surface area contributed by atoms with Crippen molar-refractivity contribution in [2.24, 2.45) is 17.8 Å². The zero-order chi connectivity index (χ0) is 17.5. The fourth-order valence-corrected chi connectivity index (χ4v) is 3.39. The maximum Gasteiger partial charge on any atom is 0.421 e. The lowest BCUT2D eigenvalue weighted by Gasteiger charge is -2.28. The van der Waals surface area contributed by atoms with E-state index in [4.69, 9.17) is 11.0 Å². The summed E-state index contributed by atoms with van der Waals surface area (Å²) in [6.07, 6.45) is 1.84. The number of carbonyl (C=O) groups excluding carboxylic acids is 1. The van der Waals surface area contributed by atoms with Crippen LogP contribution < -0.4 is 16.4 Å². The van der Waals surface area contributed by atoms with Crippen LogP contribution in [0, 0.1) is 29.2 Å². The number of nitriles is 1. The van der Waals surface area contributed by atoms with Gasteiger partial charge in [-0.05, 0) is 18.3 Å². The van der Waals surface area contributed by atoms with Crippen LogP contribution in [0.3, 0.4) is 0 Å². The Bertz CT molecular complexity index is 741. The topological polar surface area (TPSA) is 117 Å². The van der Waals surface area contributed by atoms with Crippen molar-refractivity contribution >= 4 is 17.7 Å². The number of aromatic nitrogens is 2. The smallest absolute Gasteiger partial charge is 0.368 e. The molecule has 3 rings (SSSR count). The summed E-state index contributed by atoms with van der Waals surface area (Å²) in [6, 6.07) is -0.608. The predicted octanol–water partition coefficient (Wildman–Crippen LogP) is 1.28. The van der Waals surface area contributed by atoms with Gasteiger partial charge in [0.15, 0.2) is 6.19 Å². The van der Waals surface area contributed by atoms with Crippen molar-refractivity contribution in [1.29, 1.82) is 5.26 Å². The molecule has 4 unspecified atom stereocenters. The number of nitrogens with two attached hydrogens (primary N) is 1. The third-order valence-electron chi connectivity index (χ3n) is 4.36. The lowest BCUT2D eigenvalue weighted by atomic mass is 9.88. The Labute approximate surface area is 134 Å². The SMILES string of the molecule is N#CNC(=O)C1C2C=CC(C2)C1Nc1nc(N)ncc1C(F)(F)F. The molecule has 1 aromatic rings. The second kappa shape index (κ2) is 5.67. The van der Waals surface area contributed by atoms with Crippen LogP contribution in [0.5, 0.6) is 0 Å². The number of anilines is 2. The zero-order valence-corrected chi connectivity index (χ0v) is 12.2. The summed E-state index contributed by atoms with van der Waals surface area (Å²) in [5.74, 6) is -2.20. The number of rotatable bonds is 3. The number of nitrogen functional groups attached to an aromatic ring is 1. The molecular formula is C14H13F3N6O. The van der Waals surface area contributed by atoms with E-state index in [1.165, 1.54) is 0 Å². The van der Waals surface area contributed by atoms with Gasteiger partial charge in [-0.1, -0.05) is 12.2 Å². The first-order chi connectivity index (χ1) is 11.3. The van der Waals surface area contributed by atoms with Gasteiger partial charge < -0.3 is 11.1 Å². The first-order valence-corrected chi connectivity index (χ1v) is 7.14. The number of halogens is 3. The van der Waals surface area contributed by atoms with Crippen LogP contribution in [-0.4, -0.2) is 21.9 Å². The Morgan fingerprint density at radius 3 is 2.75 bits per heavy atom. The van der Waals surface area contributed by atoms with E-state index in [1.54, 1.807) is 6.19 Å². The first-order valence-electron chi connectivity index (χ1n) is 7.14. The van der Waals surface area contributed by atoms with Crippen LogP contribution >= 0.6 is 0 Å². The zero-order valence-electron chi connectivity index (χ0n) is 12.2. The second-order valence-corrected chi connectivity index (χ2v) is 5.73. The number of hydrogen-bond donors (Lipinski definition) is 3. The number of nitrogens with zero attached hydrogens (tertiary/aromatic N) is 3. The quantitative estimate of drug-likeness (QED) is 0.434.